The predicted molar refractivity (Wildman–Crippen MR) is 47.4 cm³/mol. The molecule has 8 heteroatoms. The Kier molecular flexibility index (Phi) is 3.62. The minimum atomic E-state index is -4.66. The average molecular weight is 245 g/mol. The summed E-state index contributed by atoms with van der Waals surface area (Å²) < 4.78 is 40.8. The molecular formula is C9H6F3N3O2. The van der Waals surface area contributed by atoms with Gasteiger partial charge in [-0.05, 0) is 0 Å². The van der Waals surface area contributed by atoms with Crippen LogP contribution in [0.2, 0.25) is 0 Å². The molecule has 1 heterocycles. The maximum absolute atomic E-state index is 12.1. The number of alkyl halides is 3. The Morgan fingerprint density at radius 2 is 2.00 bits per heavy atom. The van der Waals surface area contributed by atoms with Crippen molar-refractivity contribution in [3.8, 4) is 6.07 Å². The molecule has 0 N–H and O–H groups in total. The van der Waals surface area contributed by atoms with Crippen molar-refractivity contribution in [2.45, 2.75) is 12.1 Å². The number of carbonyl (C=O) groups is 1. The number of halogens is 3. The van der Waals surface area contributed by atoms with Gasteiger partial charge in [-0.3, -0.25) is 4.79 Å². The summed E-state index contributed by atoms with van der Waals surface area (Å²) in [6.07, 6.45) is -3.10. The Morgan fingerprint density at radius 3 is 2.35 bits per heavy atom. The summed E-state index contributed by atoms with van der Waals surface area (Å²) in [5, 5.41) is 8.68. The van der Waals surface area contributed by atoms with Crippen LogP contribution in [0.3, 0.4) is 0 Å². The Hall–Kier alpha value is -2.17. The van der Waals surface area contributed by atoms with Gasteiger partial charge in [0.2, 0.25) is 5.82 Å². The van der Waals surface area contributed by atoms with Gasteiger partial charge in [0, 0.05) is 18.0 Å². The molecule has 5 nitrogen and oxygen atoms in total. The number of rotatable bonds is 2. The molecule has 1 aromatic heterocycles. The average Bonchev–Trinajstić information content (AvgIpc) is 2.29. The van der Waals surface area contributed by atoms with E-state index in [9.17, 15) is 18.0 Å². The normalized spacial score (nSPS) is 12.6. The van der Waals surface area contributed by atoms with E-state index in [1.165, 1.54) is 0 Å². The Balaban J connectivity index is 3.02. The molecule has 1 aromatic rings. The third-order valence-corrected chi connectivity index (χ3v) is 1.82. The lowest BCUT2D eigenvalue weighted by Crippen LogP contribution is -2.15. The molecule has 0 aliphatic rings. The third-order valence-electron chi connectivity index (χ3n) is 1.82. The number of esters is 1. The first-order chi connectivity index (χ1) is 7.90. The van der Waals surface area contributed by atoms with E-state index >= 15 is 0 Å². The standard InChI is InChI=1S/C9H6F3N3O2/c1-17-7(16)6(2-13)5-3-14-8(15-4-5)9(10,11)12/h3-4,6H,1H3. The number of methoxy groups -OCH3 is 1. The van der Waals surface area contributed by atoms with E-state index in [2.05, 4.69) is 14.7 Å². The summed E-state index contributed by atoms with van der Waals surface area (Å²) in [6, 6.07) is 1.59. The first-order valence-corrected chi connectivity index (χ1v) is 4.26. The molecule has 0 aromatic carbocycles. The van der Waals surface area contributed by atoms with E-state index in [0.29, 0.717) is 0 Å². The van der Waals surface area contributed by atoms with Gasteiger partial charge in [-0.15, -0.1) is 0 Å². The second-order valence-corrected chi connectivity index (χ2v) is 2.92. The van der Waals surface area contributed by atoms with Crippen LogP contribution in [0.25, 0.3) is 0 Å². The molecule has 0 spiro atoms. The van der Waals surface area contributed by atoms with Gasteiger partial charge in [0.15, 0.2) is 5.92 Å². The van der Waals surface area contributed by atoms with E-state index in [-0.39, 0.29) is 5.56 Å². The van der Waals surface area contributed by atoms with Crippen LogP contribution in [0, 0.1) is 11.3 Å². The van der Waals surface area contributed by atoms with Gasteiger partial charge in [0.25, 0.3) is 0 Å². The quantitative estimate of drug-likeness (QED) is 0.733. The van der Waals surface area contributed by atoms with E-state index in [1.807, 2.05) is 0 Å². The fourth-order valence-corrected chi connectivity index (χ4v) is 1.01. The van der Waals surface area contributed by atoms with Crippen LogP contribution in [0.1, 0.15) is 17.3 Å². The number of aromatic nitrogens is 2. The first kappa shape index (κ1) is 12.9. The molecule has 0 radical (unpaired) electrons. The van der Waals surface area contributed by atoms with Crippen LogP contribution >= 0.6 is 0 Å². The largest absolute Gasteiger partial charge is 0.468 e. The minimum absolute atomic E-state index is 0.0487. The lowest BCUT2D eigenvalue weighted by atomic mass is 10.1. The van der Waals surface area contributed by atoms with Crippen molar-refractivity contribution in [2.24, 2.45) is 0 Å². The molecule has 0 saturated heterocycles. The topological polar surface area (TPSA) is 75.9 Å². The molecular weight excluding hydrogens is 239 g/mol. The zero-order valence-electron chi connectivity index (χ0n) is 8.52. The fraction of sp³-hybridized carbons (Fsp3) is 0.333. The van der Waals surface area contributed by atoms with Crippen LogP contribution in [-0.2, 0) is 15.7 Å². The molecule has 17 heavy (non-hydrogen) atoms. The van der Waals surface area contributed by atoms with Gasteiger partial charge in [-0.1, -0.05) is 0 Å². The van der Waals surface area contributed by atoms with Crippen molar-refractivity contribution < 1.29 is 22.7 Å². The highest BCUT2D eigenvalue weighted by Gasteiger charge is 2.34. The van der Waals surface area contributed by atoms with Crippen molar-refractivity contribution in [1.29, 1.82) is 5.26 Å². The van der Waals surface area contributed by atoms with Crippen molar-refractivity contribution in [1.82, 2.24) is 9.97 Å². The van der Waals surface area contributed by atoms with Crippen molar-refractivity contribution in [3.63, 3.8) is 0 Å². The smallest absolute Gasteiger partial charge is 0.451 e. The highest BCUT2D eigenvalue weighted by molar-refractivity contribution is 5.80. The van der Waals surface area contributed by atoms with Gasteiger partial charge in [-0.25, -0.2) is 9.97 Å². The molecule has 0 bridgehead atoms. The number of nitrogens with zero attached hydrogens (tertiary/aromatic N) is 3. The summed E-state index contributed by atoms with van der Waals surface area (Å²) in [7, 11) is 1.07. The van der Waals surface area contributed by atoms with Crippen LogP contribution in [0.15, 0.2) is 12.4 Å². The second kappa shape index (κ2) is 4.78. The SMILES string of the molecule is COC(=O)C(C#N)c1cnc(C(F)(F)F)nc1. The van der Waals surface area contributed by atoms with Gasteiger partial charge in [0.05, 0.1) is 13.2 Å². The number of ether oxygens (including phenoxy) is 1. The predicted octanol–water partition coefficient (Wildman–Crippen LogP) is 1.28. The number of nitriles is 1. The second-order valence-electron chi connectivity index (χ2n) is 2.92. The molecule has 1 unspecified atom stereocenters. The minimum Gasteiger partial charge on any atom is -0.468 e. The summed E-state index contributed by atoms with van der Waals surface area (Å²) >= 11 is 0. The monoisotopic (exact) mass is 245 g/mol. The van der Waals surface area contributed by atoms with Crippen molar-refractivity contribution in [2.75, 3.05) is 7.11 Å². The fourth-order valence-electron chi connectivity index (χ4n) is 1.01. The summed E-state index contributed by atoms with van der Waals surface area (Å²) in [4.78, 5) is 17.2. The number of hydrogen-bond donors (Lipinski definition) is 0. The number of hydrogen-bond acceptors (Lipinski definition) is 5. The highest BCUT2D eigenvalue weighted by atomic mass is 19.4. The molecule has 90 valence electrons. The van der Waals surface area contributed by atoms with Crippen LogP contribution in [0.4, 0.5) is 13.2 Å². The van der Waals surface area contributed by atoms with Crippen LogP contribution < -0.4 is 0 Å². The van der Waals surface area contributed by atoms with Gasteiger partial charge in [-0.2, -0.15) is 18.4 Å². The Morgan fingerprint density at radius 1 is 1.47 bits per heavy atom. The third kappa shape index (κ3) is 2.90. The summed E-state index contributed by atoms with van der Waals surface area (Å²) in [5.41, 5.74) is -0.0487. The van der Waals surface area contributed by atoms with Gasteiger partial charge < -0.3 is 4.74 Å². The first-order valence-electron chi connectivity index (χ1n) is 4.26. The number of carbonyl (C=O) groups excluding carboxylic acids is 1. The maximum Gasteiger partial charge on any atom is 0.451 e. The van der Waals surface area contributed by atoms with Crippen LogP contribution in [-0.4, -0.2) is 23.0 Å². The Labute approximate surface area is 93.9 Å². The molecule has 1 atom stereocenters. The molecule has 0 aliphatic carbocycles. The van der Waals surface area contributed by atoms with Gasteiger partial charge in [0.1, 0.15) is 0 Å². The molecule has 1 rings (SSSR count). The summed E-state index contributed by atoms with van der Waals surface area (Å²) in [5.74, 6) is -3.54. The molecule has 0 fully saturated rings. The lowest BCUT2D eigenvalue weighted by Gasteiger charge is -2.08. The van der Waals surface area contributed by atoms with Crippen LogP contribution in [0.5, 0.6) is 0 Å². The lowest BCUT2D eigenvalue weighted by molar-refractivity contribution is -0.145. The molecule has 0 amide bonds. The zero-order chi connectivity index (χ0) is 13.1. The highest BCUT2D eigenvalue weighted by Crippen LogP contribution is 2.26. The summed E-state index contributed by atoms with van der Waals surface area (Å²) in [6.45, 7) is 0. The van der Waals surface area contributed by atoms with E-state index in [0.717, 1.165) is 19.5 Å². The van der Waals surface area contributed by atoms with Crippen molar-refractivity contribution in [3.05, 3.63) is 23.8 Å². The molecule has 0 saturated carbocycles. The van der Waals surface area contributed by atoms with Gasteiger partial charge >= 0.3 is 12.1 Å². The van der Waals surface area contributed by atoms with E-state index in [4.69, 9.17) is 5.26 Å². The Bertz CT molecular complexity index is 450. The van der Waals surface area contributed by atoms with E-state index in [1.54, 1.807) is 6.07 Å². The van der Waals surface area contributed by atoms with E-state index < -0.39 is 23.9 Å². The van der Waals surface area contributed by atoms with Crippen molar-refractivity contribution >= 4 is 5.97 Å². The molecule has 0 aliphatic heterocycles. The maximum atomic E-state index is 12.1. The zero-order valence-corrected chi connectivity index (χ0v) is 8.52.